The average molecular weight is 424 g/mol. The van der Waals surface area contributed by atoms with E-state index in [-0.39, 0.29) is 5.91 Å². The normalized spacial score (nSPS) is 11.6. The molecule has 0 spiro atoms. The predicted octanol–water partition coefficient (Wildman–Crippen LogP) is 5.42. The van der Waals surface area contributed by atoms with Gasteiger partial charge in [0, 0.05) is 4.47 Å². The van der Waals surface area contributed by atoms with Gasteiger partial charge in [-0.1, -0.05) is 50.3 Å². The van der Waals surface area contributed by atoms with Crippen LogP contribution in [-0.4, -0.2) is 24.5 Å². The van der Waals surface area contributed by atoms with E-state index < -0.39 is 12.0 Å². The van der Waals surface area contributed by atoms with Crippen LogP contribution in [0.15, 0.2) is 41.4 Å². The van der Waals surface area contributed by atoms with Crippen LogP contribution in [0.3, 0.4) is 0 Å². The fraction of sp³-hybridized carbons (Fsp3) is 0.524. The van der Waals surface area contributed by atoms with Crippen LogP contribution >= 0.6 is 15.9 Å². The van der Waals surface area contributed by atoms with Gasteiger partial charge in [0.2, 0.25) is 0 Å². The number of unbranched alkanes of at least 4 members (excludes halogenated alkanes) is 7. The standard InChI is InChI=1S/C21H30BrNO3/c1-3-4-5-6-7-8-9-10-13-16-26-21(25)17(2)23-20(24)18-14-11-12-15-19(18)22/h3,11-12,14-15,17H,1,4-10,13,16H2,2H3,(H,23,24). The maximum Gasteiger partial charge on any atom is 0.328 e. The third kappa shape index (κ3) is 9.18. The molecule has 1 N–H and O–H groups in total. The number of benzene rings is 1. The van der Waals surface area contributed by atoms with E-state index >= 15 is 0 Å². The first-order valence-electron chi connectivity index (χ1n) is 9.39. The van der Waals surface area contributed by atoms with E-state index in [2.05, 4.69) is 27.8 Å². The van der Waals surface area contributed by atoms with Gasteiger partial charge in [-0.25, -0.2) is 4.79 Å². The summed E-state index contributed by atoms with van der Waals surface area (Å²) in [5, 5.41) is 2.67. The van der Waals surface area contributed by atoms with Gasteiger partial charge in [-0.05, 0) is 54.2 Å². The fourth-order valence-electron chi connectivity index (χ4n) is 2.55. The van der Waals surface area contributed by atoms with E-state index in [0.717, 1.165) is 19.3 Å². The van der Waals surface area contributed by atoms with E-state index in [1.807, 2.05) is 12.1 Å². The van der Waals surface area contributed by atoms with Crippen LogP contribution < -0.4 is 5.32 Å². The van der Waals surface area contributed by atoms with Gasteiger partial charge in [-0.3, -0.25) is 4.79 Å². The van der Waals surface area contributed by atoms with Crippen molar-refractivity contribution in [2.24, 2.45) is 0 Å². The smallest absolute Gasteiger partial charge is 0.328 e. The Morgan fingerprint density at radius 2 is 1.73 bits per heavy atom. The minimum Gasteiger partial charge on any atom is -0.464 e. The number of hydrogen-bond donors (Lipinski definition) is 1. The maximum atomic E-state index is 12.2. The summed E-state index contributed by atoms with van der Waals surface area (Å²) in [6, 6.07) is 6.44. The van der Waals surface area contributed by atoms with Crippen LogP contribution in [0.2, 0.25) is 0 Å². The average Bonchev–Trinajstić information content (AvgIpc) is 2.63. The molecular weight excluding hydrogens is 394 g/mol. The van der Waals surface area contributed by atoms with Crippen LogP contribution in [-0.2, 0) is 9.53 Å². The largest absolute Gasteiger partial charge is 0.464 e. The van der Waals surface area contributed by atoms with Crippen molar-refractivity contribution in [1.82, 2.24) is 5.32 Å². The molecule has 0 aromatic heterocycles. The van der Waals surface area contributed by atoms with Crippen molar-refractivity contribution >= 4 is 27.8 Å². The van der Waals surface area contributed by atoms with E-state index in [1.54, 1.807) is 25.1 Å². The molecule has 0 aliphatic rings. The molecule has 1 aromatic carbocycles. The molecule has 0 heterocycles. The molecule has 0 saturated carbocycles. The Kier molecular flexibility index (Phi) is 11.7. The summed E-state index contributed by atoms with van der Waals surface area (Å²) in [7, 11) is 0. The Morgan fingerprint density at radius 1 is 1.12 bits per heavy atom. The Morgan fingerprint density at radius 3 is 2.38 bits per heavy atom. The number of esters is 1. The molecule has 0 radical (unpaired) electrons. The molecule has 0 saturated heterocycles. The molecule has 1 atom stereocenters. The molecule has 1 amide bonds. The van der Waals surface area contributed by atoms with Crippen LogP contribution in [0.1, 0.15) is 68.6 Å². The second kappa shape index (κ2) is 13.6. The van der Waals surface area contributed by atoms with Crippen LogP contribution in [0, 0.1) is 0 Å². The third-order valence-electron chi connectivity index (χ3n) is 4.12. The zero-order chi connectivity index (χ0) is 19.2. The third-order valence-corrected chi connectivity index (χ3v) is 4.81. The van der Waals surface area contributed by atoms with E-state index in [4.69, 9.17) is 4.74 Å². The molecule has 26 heavy (non-hydrogen) atoms. The monoisotopic (exact) mass is 423 g/mol. The topological polar surface area (TPSA) is 55.4 Å². The summed E-state index contributed by atoms with van der Waals surface area (Å²) < 4.78 is 5.95. The summed E-state index contributed by atoms with van der Waals surface area (Å²) in [6.07, 6.45) is 11.1. The second-order valence-corrected chi connectivity index (χ2v) is 7.25. The highest BCUT2D eigenvalue weighted by Gasteiger charge is 2.18. The zero-order valence-electron chi connectivity index (χ0n) is 15.6. The van der Waals surface area contributed by atoms with Gasteiger partial charge in [0.1, 0.15) is 6.04 Å². The lowest BCUT2D eigenvalue weighted by molar-refractivity contribution is -0.145. The first-order valence-corrected chi connectivity index (χ1v) is 10.2. The number of amides is 1. The number of halogens is 1. The van der Waals surface area contributed by atoms with Gasteiger partial charge in [0.25, 0.3) is 5.91 Å². The van der Waals surface area contributed by atoms with Crippen molar-refractivity contribution in [3.63, 3.8) is 0 Å². The quantitative estimate of drug-likeness (QED) is 0.261. The van der Waals surface area contributed by atoms with Crippen molar-refractivity contribution in [1.29, 1.82) is 0 Å². The van der Waals surface area contributed by atoms with Crippen molar-refractivity contribution in [2.45, 2.75) is 64.3 Å². The van der Waals surface area contributed by atoms with Gasteiger partial charge in [0.15, 0.2) is 0 Å². The Labute approximate surface area is 165 Å². The van der Waals surface area contributed by atoms with Crippen LogP contribution in [0.4, 0.5) is 0 Å². The summed E-state index contributed by atoms with van der Waals surface area (Å²) in [6.45, 7) is 5.77. The molecule has 5 heteroatoms. The fourth-order valence-corrected chi connectivity index (χ4v) is 3.02. The number of ether oxygens (including phenoxy) is 1. The van der Waals surface area contributed by atoms with Gasteiger partial charge < -0.3 is 10.1 Å². The maximum absolute atomic E-state index is 12.2. The summed E-state index contributed by atoms with van der Waals surface area (Å²) in [5.74, 6) is -0.687. The van der Waals surface area contributed by atoms with Gasteiger partial charge >= 0.3 is 5.97 Å². The molecule has 0 bridgehead atoms. The first kappa shape index (κ1) is 22.4. The van der Waals surface area contributed by atoms with E-state index in [1.165, 1.54) is 32.1 Å². The molecule has 1 rings (SSSR count). The van der Waals surface area contributed by atoms with Gasteiger partial charge in [0.05, 0.1) is 12.2 Å². The minimum absolute atomic E-state index is 0.293. The Hall–Kier alpha value is -1.62. The number of carbonyl (C=O) groups is 2. The van der Waals surface area contributed by atoms with Crippen molar-refractivity contribution < 1.29 is 14.3 Å². The molecule has 0 fully saturated rings. The van der Waals surface area contributed by atoms with Crippen LogP contribution in [0.5, 0.6) is 0 Å². The summed E-state index contributed by atoms with van der Waals surface area (Å²) >= 11 is 3.33. The Balaban J connectivity index is 2.12. The predicted molar refractivity (Wildman–Crippen MR) is 109 cm³/mol. The Bertz CT molecular complexity index is 574. The highest BCUT2D eigenvalue weighted by atomic mass is 79.9. The minimum atomic E-state index is -0.667. The highest BCUT2D eigenvalue weighted by Crippen LogP contribution is 2.15. The summed E-state index contributed by atoms with van der Waals surface area (Å²) in [5.41, 5.74) is 0.500. The zero-order valence-corrected chi connectivity index (χ0v) is 17.2. The molecular formula is C21H30BrNO3. The van der Waals surface area contributed by atoms with E-state index in [9.17, 15) is 9.59 Å². The lowest BCUT2D eigenvalue weighted by Gasteiger charge is -2.14. The molecule has 4 nitrogen and oxygen atoms in total. The molecule has 144 valence electrons. The second-order valence-electron chi connectivity index (χ2n) is 6.39. The molecule has 1 unspecified atom stereocenters. The first-order chi connectivity index (χ1) is 12.6. The highest BCUT2D eigenvalue weighted by molar-refractivity contribution is 9.10. The molecule has 1 aromatic rings. The molecule has 0 aliphatic heterocycles. The summed E-state index contributed by atoms with van der Waals surface area (Å²) in [4.78, 5) is 24.1. The molecule has 0 aliphatic carbocycles. The number of nitrogens with one attached hydrogen (secondary N) is 1. The van der Waals surface area contributed by atoms with Crippen molar-refractivity contribution in [3.05, 3.63) is 47.0 Å². The lowest BCUT2D eigenvalue weighted by Crippen LogP contribution is -2.39. The van der Waals surface area contributed by atoms with Gasteiger partial charge in [-0.2, -0.15) is 0 Å². The van der Waals surface area contributed by atoms with Crippen molar-refractivity contribution in [2.75, 3.05) is 6.61 Å². The van der Waals surface area contributed by atoms with Crippen molar-refractivity contribution in [3.8, 4) is 0 Å². The number of allylic oxidation sites excluding steroid dienone is 1. The number of hydrogen-bond acceptors (Lipinski definition) is 3. The SMILES string of the molecule is C=CCCCCCCCCCOC(=O)C(C)NC(=O)c1ccccc1Br. The lowest BCUT2D eigenvalue weighted by atomic mass is 10.1. The van der Waals surface area contributed by atoms with E-state index in [0.29, 0.717) is 16.6 Å². The van der Waals surface area contributed by atoms with Crippen LogP contribution in [0.25, 0.3) is 0 Å². The number of rotatable bonds is 13. The van der Waals surface area contributed by atoms with Gasteiger partial charge in [-0.15, -0.1) is 6.58 Å². The number of carbonyl (C=O) groups excluding carboxylic acids is 2.